The molecule has 1 saturated heterocycles. The normalized spacial score (nSPS) is 21.1. The van der Waals surface area contributed by atoms with Crippen molar-refractivity contribution in [1.82, 2.24) is 9.97 Å². The van der Waals surface area contributed by atoms with Crippen LogP contribution in [0.1, 0.15) is 6.42 Å². The molecule has 6 heteroatoms. The number of hydrogen-bond acceptors (Lipinski definition) is 4. The average molecular weight is 279 g/mol. The van der Waals surface area contributed by atoms with Crippen molar-refractivity contribution in [3.05, 3.63) is 16.0 Å². The summed E-state index contributed by atoms with van der Waals surface area (Å²) >= 11 is 9.04. The van der Waals surface area contributed by atoms with Gasteiger partial charge in [-0.3, -0.25) is 0 Å². The van der Waals surface area contributed by atoms with Gasteiger partial charge in [-0.2, -0.15) is 4.98 Å². The molecule has 1 aromatic heterocycles. The Kier molecular flexibility index (Phi) is 3.20. The number of nitrogens with zero attached hydrogens (tertiary/aromatic N) is 2. The lowest BCUT2D eigenvalue weighted by atomic mass is 10.2. The van der Waals surface area contributed by atoms with Crippen LogP contribution < -0.4 is 5.32 Å². The molecule has 4 nitrogen and oxygen atoms in total. The minimum atomic E-state index is 0.245. The predicted octanol–water partition coefficient (Wildman–Crippen LogP) is 2.09. The van der Waals surface area contributed by atoms with E-state index in [-0.39, 0.29) is 5.28 Å². The first-order valence-corrected chi connectivity index (χ1v) is 5.45. The minimum Gasteiger partial charge on any atom is -0.379 e. The van der Waals surface area contributed by atoms with Crippen molar-refractivity contribution in [1.29, 1.82) is 0 Å². The third-order valence-electron chi connectivity index (χ3n) is 1.99. The highest BCUT2D eigenvalue weighted by atomic mass is 79.9. The van der Waals surface area contributed by atoms with Crippen LogP contribution in [0.5, 0.6) is 0 Å². The van der Waals surface area contributed by atoms with Crippen LogP contribution in [0.4, 0.5) is 5.82 Å². The lowest BCUT2D eigenvalue weighted by Gasteiger charge is -2.12. The van der Waals surface area contributed by atoms with E-state index in [1.165, 1.54) is 0 Å². The summed E-state index contributed by atoms with van der Waals surface area (Å²) in [5, 5.41) is 3.49. The number of anilines is 1. The predicted molar refractivity (Wildman–Crippen MR) is 57.6 cm³/mol. The van der Waals surface area contributed by atoms with Gasteiger partial charge in [-0.25, -0.2) is 4.98 Å². The molecule has 1 aliphatic heterocycles. The summed E-state index contributed by atoms with van der Waals surface area (Å²) in [6, 6.07) is 0.317. The number of rotatable bonds is 2. The van der Waals surface area contributed by atoms with E-state index in [1.807, 2.05) is 0 Å². The Labute approximate surface area is 95.2 Å². The monoisotopic (exact) mass is 277 g/mol. The highest BCUT2D eigenvalue weighted by molar-refractivity contribution is 9.10. The van der Waals surface area contributed by atoms with E-state index in [1.54, 1.807) is 6.20 Å². The fourth-order valence-electron chi connectivity index (χ4n) is 1.29. The van der Waals surface area contributed by atoms with Gasteiger partial charge in [0.2, 0.25) is 5.28 Å². The zero-order valence-corrected chi connectivity index (χ0v) is 9.68. The number of aromatic nitrogens is 2. The van der Waals surface area contributed by atoms with Gasteiger partial charge in [0.1, 0.15) is 5.82 Å². The Hall–Kier alpha value is -0.390. The molecule has 0 spiro atoms. The number of hydrogen-bond donors (Lipinski definition) is 1. The van der Waals surface area contributed by atoms with Crippen molar-refractivity contribution in [3.8, 4) is 0 Å². The molecule has 0 aliphatic carbocycles. The van der Waals surface area contributed by atoms with Gasteiger partial charge in [0, 0.05) is 12.8 Å². The molecule has 14 heavy (non-hydrogen) atoms. The zero-order valence-electron chi connectivity index (χ0n) is 7.33. The summed E-state index contributed by atoms with van der Waals surface area (Å²) < 4.78 is 6.06. The van der Waals surface area contributed by atoms with Crippen molar-refractivity contribution in [2.24, 2.45) is 0 Å². The molecular formula is C8H9BrClN3O. The van der Waals surface area contributed by atoms with Crippen LogP contribution >= 0.6 is 27.5 Å². The van der Waals surface area contributed by atoms with Gasteiger partial charge < -0.3 is 10.1 Å². The van der Waals surface area contributed by atoms with Crippen molar-refractivity contribution in [2.45, 2.75) is 12.5 Å². The fourth-order valence-corrected chi connectivity index (χ4v) is 1.73. The second-order valence-corrected chi connectivity index (χ2v) is 4.23. The molecule has 2 heterocycles. The third-order valence-corrected chi connectivity index (χ3v) is 2.75. The number of nitrogens with one attached hydrogen (secondary N) is 1. The molecule has 0 unspecified atom stereocenters. The van der Waals surface area contributed by atoms with E-state index in [2.05, 4.69) is 31.2 Å². The van der Waals surface area contributed by atoms with E-state index in [0.29, 0.717) is 12.6 Å². The maximum Gasteiger partial charge on any atom is 0.224 e. The molecule has 0 aromatic carbocycles. The molecule has 1 atom stereocenters. The van der Waals surface area contributed by atoms with E-state index >= 15 is 0 Å². The number of ether oxygens (including phenoxy) is 1. The second-order valence-electron chi connectivity index (χ2n) is 3.04. The van der Waals surface area contributed by atoms with E-state index in [0.717, 1.165) is 23.3 Å². The molecule has 1 aliphatic rings. The van der Waals surface area contributed by atoms with Crippen LogP contribution in [-0.4, -0.2) is 29.2 Å². The van der Waals surface area contributed by atoms with Gasteiger partial charge in [0.05, 0.1) is 17.1 Å². The highest BCUT2D eigenvalue weighted by Gasteiger charge is 2.17. The Bertz CT molecular complexity index is 330. The van der Waals surface area contributed by atoms with Gasteiger partial charge >= 0.3 is 0 Å². The second kappa shape index (κ2) is 4.42. The van der Waals surface area contributed by atoms with Crippen LogP contribution in [0.25, 0.3) is 0 Å². The molecular weight excluding hydrogens is 269 g/mol. The van der Waals surface area contributed by atoms with Gasteiger partial charge in [-0.05, 0) is 34.0 Å². The summed E-state index contributed by atoms with van der Waals surface area (Å²) in [5.74, 6) is 0.723. The standard InChI is InChI=1S/C8H9BrClN3O/c9-6-3-11-8(10)13-7(6)12-5-1-2-14-4-5/h3,5H,1-2,4H2,(H,11,12,13)/t5-/m1/s1. The molecule has 1 fully saturated rings. The summed E-state index contributed by atoms with van der Waals surface area (Å²) in [6.45, 7) is 1.52. The molecule has 1 aromatic rings. The van der Waals surface area contributed by atoms with Crippen molar-refractivity contribution in [3.63, 3.8) is 0 Å². The molecule has 0 amide bonds. The fraction of sp³-hybridized carbons (Fsp3) is 0.500. The highest BCUT2D eigenvalue weighted by Crippen LogP contribution is 2.22. The van der Waals surface area contributed by atoms with Crippen LogP contribution in [0.15, 0.2) is 10.7 Å². The first-order valence-electron chi connectivity index (χ1n) is 4.28. The Morgan fingerprint density at radius 1 is 1.64 bits per heavy atom. The van der Waals surface area contributed by atoms with Crippen LogP contribution in [0.3, 0.4) is 0 Å². The maximum atomic E-state index is 5.69. The number of halogens is 2. The lowest BCUT2D eigenvalue weighted by Crippen LogP contribution is -2.20. The maximum absolute atomic E-state index is 5.69. The molecule has 2 rings (SSSR count). The summed E-state index contributed by atoms with van der Waals surface area (Å²) in [5.41, 5.74) is 0. The van der Waals surface area contributed by atoms with Crippen molar-refractivity contribution in [2.75, 3.05) is 18.5 Å². The van der Waals surface area contributed by atoms with Gasteiger partial charge in [-0.15, -0.1) is 0 Å². The first-order chi connectivity index (χ1) is 6.75. The summed E-state index contributed by atoms with van der Waals surface area (Å²) in [7, 11) is 0. The van der Waals surface area contributed by atoms with Gasteiger partial charge in [0.15, 0.2) is 0 Å². The van der Waals surface area contributed by atoms with Crippen LogP contribution in [-0.2, 0) is 4.74 Å². The Morgan fingerprint density at radius 3 is 3.21 bits per heavy atom. The summed E-state index contributed by atoms with van der Waals surface area (Å²) in [6.07, 6.45) is 2.63. The van der Waals surface area contributed by atoms with E-state index in [4.69, 9.17) is 16.3 Å². The van der Waals surface area contributed by atoms with Crippen molar-refractivity contribution < 1.29 is 4.74 Å². The Balaban J connectivity index is 2.10. The quantitative estimate of drug-likeness (QED) is 0.842. The van der Waals surface area contributed by atoms with E-state index < -0.39 is 0 Å². The molecule has 0 saturated carbocycles. The molecule has 76 valence electrons. The first kappa shape index (κ1) is 10.1. The van der Waals surface area contributed by atoms with Gasteiger partial charge in [-0.1, -0.05) is 0 Å². The Morgan fingerprint density at radius 2 is 2.50 bits per heavy atom. The smallest absolute Gasteiger partial charge is 0.224 e. The lowest BCUT2D eigenvalue weighted by molar-refractivity contribution is 0.195. The topological polar surface area (TPSA) is 47.0 Å². The zero-order chi connectivity index (χ0) is 9.97. The molecule has 1 N–H and O–H groups in total. The van der Waals surface area contributed by atoms with Crippen LogP contribution in [0.2, 0.25) is 5.28 Å². The van der Waals surface area contributed by atoms with Crippen molar-refractivity contribution >= 4 is 33.3 Å². The van der Waals surface area contributed by atoms with Gasteiger partial charge in [0.25, 0.3) is 0 Å². The largest absolute Gasteiger partial charge is 0.379 e. The van der Waals surface area contributed by atoms with Crippen LogP contribution in [0, 0.1) is 0 Å². The third kappa shape index (κ3) is 2.34. The molecule has 0 radical (unpaired) electrons. The minimum absolute atomic E-state index is 0.245. The molecule has 0 bridgehead atoms. The summed E-state index contributed by atoms with van der Waals surface area (Å²) in [4.78, 5) is 7.93. The average Bonchev–Trinajstić information content (AvgIpc) is 2.64. The van der Waals surface area contributed by atoms with E-state index in [9.17, 15) is 0 Å². The SMILES string of the molecule is Clc1ncc(Br)c(N[C@@H]2CCOC2)n1.